The Morgan fingerprint density at radius 1 is 0.952 bits per heavy atom. The molecule has 1 unspecified atom stereocenters. The van der Waals surface area contributed by atoms with Gasteiger partial charge in [-0.1, -0.05) is 33.6 Å². The monoisotopic (exact) mass is 294 g/mol. The smallest absolute Gasteiger partial charge is 0.0686 e. The maximum absolute atomic E-state index is 11.3. The van der Waals surface area contributed by atoms with Crippen LogP contribution in [0.1, 0.15) is 85.0 Å². The summed E-state index contributed by atoms with van der Waals surface area (Å²) in [4.78, 5) is 0. The first kappa shape index (κ1) is 15.8. The van der Waals surface area contributed by atoms with Gasteiger partial charge in [-0.3, -0.25) is 0 Å². The molecule has 2 aliphatic carbocycles. The molecule has 0 amide bonds. The van der Waals surface area contributed by atoms with Gasteiger partial charge in [0.1, 0.15) is 0 Å². The van der Waals surface area contributed by atoms with Crippen molar-refractivity contribution in [3.05, 3.63) is 0 Å². The van der Waals surface area contributed by atoms with Crippen molar-refractivity contribution in [3.63, 3.8) is 0 Å². The zero-order chi connectivity index (χ0) is 15.1. The van der Waals surface area contributed by atoms with Crippen LogP contribution in [-0.4, -0.2) is 22.9 Å². The summed E-state index contributed by atoms with van der Waals surface area (Å²) in [5.41, 5.74) is 0.129. The molecule has 0 aromatic carbocycles. The SMILES string of the molecule is CC(C)(C)C1CCC(O)(C2CCOC3(CCCC3)C2)CC1. The van der Waals surface area contributed by atoms with E-state index in [0.717, 1.165) is 38.2 Å². The molecule has 3 rings (SSSR count). The van der Waals surface area contributed by atoms with Gasteiger partial charge in [0.2, 0.25) is 0 Å². The molecule has 1 aliphatic heterocycles. The number of rotatable bonds is 1. The minimum absolute atomic E-state index is 0.138. The molecule has 1 saturated heterocycles. The third kappa shape index (κ3) is 3.17. The second kappa shape index (κ2) is 5.53. The molecule has 2 heteroatoms. The molecular formula is C19H34O2. The molecule has 2 nitrogen and oxygen atoms in total. The van der Waals surface area contributed by atoms with Gasteiger partial charge in [-0.25, -0.2) is 0 Å². The zero-order valence-electron chi connectivity index (χ0n) is 14.3. The van der Waals surface area contributed by atoms with E-state index in [4.69, 9.17) is 4.74 Å². The molecule has 1 heterocycles. The summed E-state index contributed by atoms with van der Waals surface area (Å²) in [5, 5.41) is 11.3. The number of hydrogen-bond donors (Lipinski definition) is 1. The maximum atomic E-state index is 11.3. The largest absolute Gasteiger partial charge is 0.390 e. The fourth-order valence-electron chi connectivity index (χ4n) is 5.25. The van der Waals surface area contributed by atoms with E-state index in [1.165, 1.54) is 38.5 Å². The molecule has 3 fully saturated rings. The Hall–Kier alpha value is -0.0800. The topological polar surface area (TPSA) is 29.5 Å². The molecule has 21 heavy (non-hydrogen) atoms. The van der Waals surface area contributed by atoms with E-state index in [2.05, 4.69) is 20.8 Å². The van der Waals surface area contributed by atoms with Gasteiger partial charge >= 0.3 is 0 Å². The van der Waals surface area contributed by atoms with Crippen molar-refractivity contribution < 1.29 is 9.84 Å². The predicted molar refractivity (Wildman–Crippen MR) is 86.2 cm³/mol. The van der Waals surface area contributed by atoms with Crippen molar-refractivity contribution in [1.82, 2.24) is 0 Å². The average Bonchev–Trinajstić information content (AvgIpc) is 2.86. The van der Waals surface area contributed by atoms with Gasteiger partial charge in [0, 0.05) is 6.61 Å². The second-order valence-electron chi connectivity index (χ2n) is 9.17. The molecular weight excluding hydrogens is 260 g/mol. The Labute approximate surface area is 130 Å². The van der Waals surface area contributed by atoms with E-state index in [1.54, 1.807) is 0 Å². The maximum Gasteiger partial charge on any atom is 0.0686 e. The van der Waals surface area contributed by atoms with E-state index in [-0.39, 0.29) is 5.60 Å². The van der Waals surface area contributed by atoms with Gasteiger partial charge in [0.05, 0.1) is 11.2 Å². The van der Waals surface area contributed by atoms with Crippen molar-refractivity contribution in [2.75, 3.05) is 6.61 Å². The molecule has 1 spiro atoms. The molecule has 1 atom stereocenters. The van der Waals surface area contributed by atoms with E-state index in [0.29, 0.717) is 11.3 Å². The van der Waals surface area contributed by atoms with Crippen LogP contribution in [0.5, 0.6) is 0 Å². The zero-order valence-corrected chi connectivity index (χ0v) is 14.3. The lowest BCUT2D eigenvalue weighted by molar-refractivity contribution is -0.154. The van der Waals surface area contributed by atoms with Crippen LogP contribution in [0.3, 0.4) is 0 Å². The summed E-state index contributed by atoms with van der Waals surface area (Å²) in [7, 11) is 0. The highest BCUT2D eigenvalue weighted by Gasteiger charge is 2.48. The number of aliphatic hydroxyl groups is 1. The fourth-order valence-corrected chi connectivity index (χ4v) is 5.25. The lowest BCUT2D eigenvalue weighted by Crippen LogP contribution is -2.49. The van der Waals surface area contributed by atoms with Crippen LogP contribution in [0.25, 0.3) is 0 Å². The average molecular weight is 294 g/mol. The van der Waals surface area contributed by atoms with Crippen molar-refractivity contribution >= 4 is 0 Å². The normalized spacial score (nSPS) is 40.6. The van der Waals surface area contributed by atoms with E-state index >= 15 is 0 Å². The highest BCUT2D eigenvalue weighted by Crippen LogP contribution is 2.50. The van der Waals surface area contributed by atoms with Crippen molar-refractivity contribution in [2.45, 2.75) is 96.2 Å². The molecule has 0 radical (unpaired) electrons. The van der Waals surface area contributed by atoms with Crippen LogP contribution in [0, 0.1) is 17.3 Å². The summed E-state index contributed by atoms with van der Waals surface area (Å²) in [6.07, 6.45) is 11.7. The summed E-state index contributed by atoms with van der Waals surface area (Å²) in [6.45, 7) is 7.92. The molecule has 2 saturated carbocycles. The Morgan fingerprint density at radius 2 is 1.57 bits per heavy atom. The Morgan fingerprint density at radius 3 is 2.14 bits per heavy atom. The van der Waals surface area contributed by atoms with E-state index in [1.807, 2.05) is 0 Å². The van der Waals surface area contributed by atoms with Crippen molar-refractivity contribution in [3.8, 4) is 0 Å². The van der Waals surface area contributed by atoms with Gasteiger partial charge in [0.25, 0.3) is 0 Å². The van der Waals surface area contributed by atoms with Gasteiger partial charge in [-0.2, -0.15) is 0 Å². The number of ether oxygens (including phenoxy) is 1. The third-order valence-corrected chi connectivity index (χ3v) is 6.84. The second-order valence-corrected chi connectivity index (χ2v) is 9.17. The van der Waals surface area contributed by atoms with Crippen LogP contribution < -0.4 is 0 Å². The first-order valence-electron chi connectivity index (χ1n) is 9.19. The third-order valence-electron chi connectivity index (χ3n) is 6.84. The highest BCUT2D eigenvalue weighted by atomic mass is 16.5. The Kier molecular flexibility index (Phi) is 4.16. The van der Waals surface area contributed by atoms with Crippen molar-refractivity contribution in [2.24, 2.45) is 17.3 Å². The molecule has 3 aliphatic rings. The Bertz CT molecular complexity index is 354. The van der Waals surface area contributed by atoms with Gasteiger partial charge in [-0.05, 0) is 68.6 Å². The quantitative estimate of drug-likeness (QED) is 0.760. The fraction of sp³-hybridized carbons (Fsp3) is 1.00. The molecule has 0 aromatic heterocycles. The van der Waals surface area contributed by atoms with Crippen LogP contribution in [0.2, 0.25) is 0 Å². The predicted octanol–water partition coefficient (Wildman–Crippen LogP) is 4.69. The summed E-state index contributed by atoms with van der Waals surface area (Å²) in [6, 6.07) is 0. The van der Waals surface area contributed by atoms with Gasteiger partial charge in [-0.15, -0.1) is 0 Å². The van der Waals surface area contributed by atoms with Crippen LogP contribution in [0.4, 0.5) is 0 Å². The van der Waals surface area contributed by atoms with Crippen LogP contribution in [0.15, 0.2) is 0 Å². The molecule has 1 N–H and O–H groups in total. The van der Waals surface area contributed by atoms with Gasteiger partial charge < -0.3 is 9.84 Å². The number of hydrogen-bond acceptors (Lipinski definition) is 2. The van der Waals surface area contributed by atoms with Crippen LogP contribution >= 0.6 is 0 Å². The first-order valence-corrected chi connectivity index (χ1v) is 9.19. The lowest BCUT2D eigenvalue weighted by atomic mass is 9.63. The van der Waals surface area contributed by atoms with E-state index in [9.17, 15) is 5.11 Å². The lowest BCUT2D eigenvalue weighted by Gasteiger charge is -2.49. The standard InChI is InChI=1S/C19H34O2/c1-17(2,3)15-6-11-19(20,12-7-15)16-8-13-21-18(14-16)9-4-5-10-18/h15-16,20H,4-14H2,1-3H3. The van der Waals surface area contributed by atoms with Crippen molar-refractivity contribution in [1.29, 1.82) is 0 Å². The first-order chi connectivity index (χ1) is 9.83. The summed E-state index contributed by atoms with van der Waals surface area (Å²) < 4.78 is 6.16. The molecule has 122 valence electrons. The highest BCUT2D eigenvalue weighted by molar-refractivity contribution is 5.00. The minimum Gasteiger partial charge on any atom is -0.390 e. The molecule has 0 aromatic rings. The van der Waals surface area contributed by atoms with E-state index < -0.39 is 5.60 Å². The minimum atomic E-state index is -0.402. The summed E-state index contributed by atoms with van der Waals surface area (Å²) >= 11 is 0. The van der Waals surface area contributed by atoms with Gasteiger partial charge in [0.15, 0.2) is 0 Å². The molecule has 0 bridgehead atoms. The Balaban J connectivity index is 1.63. The summed E-state index contributed by atoms with van der Waals surface area (Å²) in [5.74, 6) is 1.25. The van der Waals surface area contributed by atoms with Crippen LogP contribution in [-0.2, 0) is 4.74 Å².